The first kappa shape index (κ1) is 12.4. The highest BCUT2D eigenvalue weighted by molar-refractivity contribution is 5.85. The lowest BCUT2D eigenvalue weighted by atomic mass is 10.2. The van der Waals surface area contributed by atoms with Crippen molar-refractivity contribution >= 4 is 17.3 Å². The van der Waals surface area contributed by atoms with Gasteiger partial charge in [0.25, 0.3) is 0 Å². The number of amides is 1. The second-order valence-corrected chi connectivity index (χ2v) is 5.20. The molecule has 5 nitrogen and oxygen atoms in total. The monoisotopic (exact) mass is 247 g/mol. The predicted molar refractivity (Wildman–Crippen MR) is 69.8 cm³/mol. The second kappa shape index (κ2) is 4.33. The van der Waals surface area contributed by atoms with E-state index in [-0.39, 0.29) is 0 Å². The Morgan fingerprint density at radius 1 is 1.39 bits per heavy atom. The first-order valence-corrected chi connectivity index (χ1v) is 5.79. The molecule has 2 aromatic heterocycles. The Bertz CT molecular complexity index is 581. The zero-order valence-corrected chi connectivity index (χ0v) is 11.0. The summed E-state index contributed by atoms with van der Waals surface area (Å²) in [5.41, 5.74) is 2.06. The minimum atomic E-state index is -0.499. The average Bonchev–Trinajstić information content (AvgIpc) is 2.53. The lowest BCUT2D eigenvalue weighted by molar-refractivity contribution is 0.0636. The molecule has 2 heterocycles. The van der Waals surface area contributed by atoms with Crippen molar-refractivity contribution in [3.05, 3.63) is 30.1 Å². The average molecular weight is 247 g/mol. The van der Waals surface area contributed by atoms with E-state index in [1.807, 2.05) is 39.8 Å². The number of nitrogens with one attached hydrogen (secondary N) is 1. The van der Waals surface area contributed by atoms with Crippen molar-refractivity contribution in [3.63, 3.8) is 0 Å². The summed E-state index contributed by atoms with van der Waals surface area (Å²) < 4.78 is 6.95. The minimum Gasteiger partial charge on any atom is -0.444 e. The molecule has 0 aliphatic carbocycles. The topological polar surface area (TPSA) is 55.6 Å². The summed E-state index contributed by atoms with van der Waals surface area (Å²) in [7, 11) is 0. The molecule has 0 bridgehead atoms. The van der Waals surface area contributed by atoms with E-state index in [0.29, 0.717) is 5.69 Å². The molecule has 0 saturated heterocycles. The molecule has 2 rings (SSSR count). The summed E-state index contributed by atoms with van der Waals surface area (Å²) in [5.74, 6) is 0. The smallest absolute Gasteiger partial charge is 0.412 e. The van der Waals surface area contributed by atoms with Crippen molar-refractivity contribution in [3.8, 4) is 0 Å². The number of nitrogens with zero attached hydrogens (tertiary/aromatic N) is 2. The summed E-state index contributed by atoms with van der Waals surface area (Å²) in [6.45, 7) is 7.41. The van der Waals surface area contributed by atoms with Crippen molar-refractivity contribution < 1.29 is 9.53 Å². The summed E-state index contributed by atoms with van der Waals surface area (Å²) in [6.07, 6.45) is 1.35. The highest BCUT2D eigenvalue weighted by Gasteiger charge is 2.16. The molecule has 96 valence electrons. The Morgan fingerprint density at radius 3 is 2.78 bits per heavy atom. The van der Waals surface area contributed by atoms with Crippen LogP contribution in [0.25, 0.3) is 5.52 Å². The van der Waals surface area contributed by atoms with Crippen molar-refractivity contribution in [2.45, 2.75) is 33.3 Å². The number of carbonyl (C=O) groups excluding carboxylic acids is 1. The molecule has 0 spiro atoms. The number of aromatic nitrogens is 2. The van der Waals surface area contributed by atoms with E-state index in [0.717, 1.165) is 11.2 Å². The summed E-state index contributed by atoms with van der Waals surface area (Å²) in [6, 6.07) is 5.58. The number of anilines is 1. The van der Waals surface area contributed by atoms with Gasteiger partial charge in [-0.1, -0.05) is 0 Å². The van der Waals surface area contributed by atoms with E-state index in [1.165, 1.54) is 0 Å². The number of hydrogen-bond donors (Lipinski definition) is 1. The van der Waals surface area contributed by atoms with Gasteiger partial charge in [-0.05, 0) is 45.9 Å². The molecule has 0 fully saturated rings. The van der Waals surface area contributed by atoms with Crippen LogP contribution in [0.15, 0.2) is 24.4 Å². The Kier molecular flexibility index (Phi) is 2.98. The zero-order chi connectivity index (χ0) is 13.3. The fourth-order valence-electron chi connectivity index (χ4n) is 1.62. The highest BCUT2D eigenvalue weighted by atomic mass is 16.6. The normalized spacial score (nSPS) is 11.6. The number of fused-ring (bicyclic) bond motifs is 1. The maximum absolute atomic E-state index is 11.6. The fourth-order valence-corrected chi connectivity index (χ4v) is 1.62. The van der Waals surface area contributed by atoms with E-state index < -0.39 is 11.7 Å². The molecule has 18 heavy (non-hydrogen) atoms. The molecule has 0 unspecified atom stereocenters. The maximum atomic E-state index is 11.6. The SMILES string of the molecule is Cc1cc2cc(NC(=O)OC(C)(C)C)ccn2n1. The van der Waals surface area contributed by atoms with E-state index in [2.05, 4.69) is 10.4 Å². The van der Waals surface area contributed by atoms with Crippen LogP contribution in [-0.4, -0.2) is 21.3 Å². The lowest BCUT2D eigenvalue weighted by Gasteiger charge is -2.19. The highest BCUT2D eigenvalue weighted by Crippen LogP contribution is 2.15. The number of rotatable bonds is 1. The second-order valence-electron chi connectivity index (χ2n) is 5.20. The van der Waals surface area contributed by atoms with Gasteiger partial charge in [0.05, 0.1) is 11.2 Å². The quantitative estimate of drug-likeness (QED) is 0.842. The fraction of sp³-hybridized carbons (Fsp3) is 0.385. The minimum absolute atomic E-state index is 0.455. The van der Waals surface area contributed by atoms with Crippen molar-refractivity contribution in [2.24, 2.45) is 0 Å². The number of carbonyl (C=O) groups is 1. The van der Waals surface area contributed by atoms with E-state index in [9.17, 15) is 4.79 Å². The molecule has 5 heteroatoms. The third-order valence-electron chi connectivity index (χ3n) is 2.23. The third-order valence-corrected chi connectivity index (χ3v) is 2.23. The molecule has 0 radical (unpaired) electrons. The standard InChI is InChI=1S/C13H17N3O2/c1-9-7-11-8-10(5-6-16(11)15-9)14-12(17)18-13(2,3)4/h5-8H,1-4H3,(H,14,17). The van der Waals surface area contributed by atoms with Gasteiger partial charge in [-0.15, -0.1) is 0 Å². The van der Waals surface area contributed by atoms with Crippen LogP contribution in [0.4, 0.5) is 10.5 Å². The lowest BCUT2D eigenvalue weighted by Crippen LogP contribution is -2.27. The van der Waals surface area contributed by atoms with E-state index in [4.69, 9.17) is 4.74 Å². The van der Waals surface area contributed by atoms with E-state index in [1.54, 1.807) is 16.8 Å². The van der Waals surface area contributed by atoms with Crippen LogP contribution in [-0.2, 0) is 4.74 Å². The number of hydrogen-bond acceptors (Lipinski definition) is 3. The maximum Gasteiger partial charge on any atom is 0.412 e. The first-order chi connectivity index (χ1) is 8.33. The molecule has 0 atom stereocenters. The van der Waals surface area contributed by atoms with E-state index >= 15 is 0 Å². The van der Waals surface area contributed by atoms with Gasteiger partial charge in [-0.3, -0.25) is 5.32 Å². The molecule has 0 aliphatic heterocycles. The van der Waals surface area contributed by atoms with Gasteiger partial charge >= 0.3 is 6.09 Å². The van der Waals surface area contributed by atoms with Crippen molar-refractivity contribution in [2.75, 3.05) is 5.32 Å². The Labute approximate surface area is 106 Å². The van der Waals surface area contributed by atoms with Crippen LogP contribution < -0.4 is 5.32 Å². The Balaban J connectivity index is 2.14. The molecule has 0 saturated carbocycles. The van der Waals surface area contributed by atoms with Gasteiger partial charge < -0.3 is 4.74 Å². The third kappa shape index (κ3) is 3.00. The number of aryl methyl sites for hydroxylation is 1. The van der Waals surface area contributed by atoms with Crippen LogP contribution in [0.5, 0.6) is 0 Å². The van der Waals surface area contributed by atoms with Gasteiger partial charge in [0, 0.05) is 11.9 Å². The number of ether oxygens (including phenoxy) is 1. The molecule has 1 amide bonds. The van der Waals surface area contributed by atoms with Gasteiger partial charge in [-0.25, -0.2) is 9.31 Å². The predicted octanol–water partition coefficient (Wildman–Crippen LogP) is 2.99. The molecule has 2 aromatic rings. The molecule has 1 N–H and O–H groups in total. The van der Waals surface area contributed by atoms with Crippen LogP contribution in [0, 0.1) is 6.92 Å². The van der Waals surface area contributed by atoms with Gasteiger partial charge in [-0.2, -0.15) is 5.10 Å². The largest absolute Gasteiger partial charge is 0.444 e. The summed E-state index contributed by atoms with van der Waals surface area (Å²) in [4.78, 5) is 11.6. The van der Waals surface area contributed by atoms with Crippen LogP contribution in [0.2, 0.25) is 0 Å². The van der Waals surface area contributed by atoms with Crippen LogP contribution in [0.3, 0.4) is 0 Å². The molecular weight excluding hydrogens is 230 g/mol. The van der Waals surface area contributed by atoms with Gasteiger partial charge in [0.2, 0.25) is 0 Å². The van der Waals surface area contributed by atoms with Gasteiger partial charge in [0.1, 0.15) is 5.60 Å². The summed E-state index contributed by atoms with van der Waals surface area (Å²) in [5, 5.41) is 6.96. The molecule has 0 aromatic carbocycles. The van der Waals surface area contributed by atoms with Crippen LogP contribution in [0.1, 0.15) is 26.5 Å². The summed E-state index contributed by atoms with van der Waals surface area (Å²) >= 11 is 0. The number of pyridine rings is 1. The van der Waals surface area contributed by atoms with Gasteiger partial charge in [0.15, 0.2) is 0 Å². The van der Waals surface area contributed by atoms with Crippen molar-refractivity contribution in [1.82, 2.24) is 9.61 Å². The zero-order valence-electron chi connectivity index (χ0n) is 11.0. The van der Waals surface area contributed by atoms with Crippen LogP contribution >= 0.6 is 0 Å². The molecule has 0 aliphatic rings. The first-order valence-electron chi connectivity index (χ1n) is 5.79. The Morgan fingerprint density at radius 2 is 2.11 bits per heavy atom. The Hall–Kier alpha value is -2.04. The molecular formula is C13H17N3O2. The van der Waals surface area contributed by atoms with Crippen molar-refractivity contribution in [1.29, 1.82) is 0 Å².